The number of benzene rings is 3. The second-order valence-corrected chi connectivity index (χ2v) is 10.6. The molecule has 3 atom stereocenters. The number of thiol groups is 1. The first kappa shape index (κ1) is 28.0. The molecule has 1 N–H and O–H groups in total. The highest BCUT2D eigenvalue weighted by Gasteiger charge is 2.43. The maximum absolute atomic E-state index is 13.7. The molecule has 0 radical (unpaired) electrons. The Morgan fingerprint density at radius 3 is 2.23 bits per heavy atom. The van der Waals surface area contributed by atoms with E-state index < -0.39 is 40.9 Å². The molecule has 0 aromatic heterocycles. The number of imide groups is 1. The minimum atomic E-state index is -0.935. The highest BCUT2D eigenvalue weighted by molar-refractivity contribution is 7.81. The third kappa shape index (κ3) is 7.32. The van der Waals surface area contributed by atoms with Gasteiger partial charge >= 0.3 is 12.1 Å². The van der Waals surface area contributed by atoms with Crippen LogP contribution in [0.25, 0.3) is 0 Å². The zero-order chi connectivity index (χ0) is 28.0. The van der Waals surface area contributed by atoms with Gasteiger partial charge in [0.2, 0.25) is 5.91 Å². The molecular formula is C30H32N2O6S. The van der Waals surface area contributed by atoms with E-state index in [-0.39, 0.29) is 13.2 Å². The predicted molar refractivity (Wildman–Crippen MR) is 151 cm³/mol. The van der Waals surface area contributed by atoms with Gasteiger partial charge in [-0.2, -0.15) is 12.6 Å². The molecular weight excluding hydrogens is 516 g/mol. The van der Waals surface area contributed by atoms with E-state index in [9.17, 15) is 14.4 Å². The Morgan fingerprint density at radius 1 is 1.00 bits per heavy atom. The van der Waals surface area contributed by atoms with Crippen molar-refractivity contribution >= 4 is 36.3 Å². The van der Waals surface area contributed by atoms with Crippen LogP contribution in [0, 0.1) is 0 Å². The summed E-state index contributed by atoms with van der Waals surface area (Å²) >= 11 is 4.71. The van der Waals surface area contributed by atoms with Crippen LogP contribution < -0.4 is 10.1 Å². The molecule has 1 aliphatic heterocycles. The van der Waals surface area contributed by atoms with Gasteiger partial charge in [0.25, 0.3) is 0 Å². The van der Waals surface area contributed by atoms with Crippen molar-refractivity contribution in [2.45, 2.75) is 43.7 Å². The van der Waals surface area contributed by atoms with Crippen molar-refractivity contribution in [2.75, 3.05) is 18.5 Å². The number of ether oxygens (including phenoxy) is 3. The molecule has 0 saturated carbocycles. The van der Waals surface area contributed by atoms with E-state index in [1.54, 1.807) is 45.0 Å². The van der Waals surface area contributed by atoms with E-state index in [2.05, 4.69) is 5.32 Å². The molecule has 0 spiro atoms. The molecule has 204 valence electrons. The summed E-state index contributed by atoms with van der Waals surface area (Å²) in [7, 11) is 0. The molecule has 39 heavy (non-hydrogen) atoms. The minimum Gasteiger partial charge on any atom is -0.482 e. The van der Waals surface area contributed by atoms with Gasteiger partial charge in [-0.15, -0.1) is 0 Å². The lowest BCUT2D eigenvalue weighted by atomic mass is 10.0. The first-order chi connectivity index (χ1) is 18.6. The number of esters is 1. The van der Waals surface area contributed by atoms with E-state index in [1.807, 2.05) is 60.7 Å². The quantitative estimate of drug-likeness (QED) is 0.266. The number of amides is 2. The standard InChI is InChI=1S/C30H32N2O6S/c1-30(2,3)38-25(33)19-36-23-16-14-21(15-17-23)26(31-22-12-8-5-9-13-22)27(39)28(34)32-24(18-37-29(32)35)20-10-6-4-7-11-20/h4-17,24,26-27,31,39H,18-19H2,1-3H3/t24-,26+,27-/m1/s1. The van der Waals surface area contributed by atoms with Gasteiger partial charge in [0.1, 0.15) is 29.2 Å². The average molecular weight is 549 g/mol. The number of carbonyl (C=O) groups excluding carboxylic acids is 3. The second kappa shape index (κ2) is 12.3. The molecule has 0 bridgehead atoms. The summed E-state index contributed by atoms with van der Waals surface area (Å²) in [5.41, 5.74) is 1.72. The van der Waals surface area contributed by atoms with Crippen LogP contribution in [0.3, 0.4) is 0 Å². The molecule has 0 unspecified atom stereocenters. The van der Waals surface area contributed by atoms with Crippen LogP contribution in [-0.2, 0) is 19.1 Å². The Kier molecular flexibility index (Phi) is 8.81. The summed E-state index contributed by atoms with van der Waals surface area (Å²) in [6.45, 7) is 5.22. The molecule has 3 aromatic carbocycles. The van der Waals surface area contributed by atoms with Crippen molar-refractivity contribution in [3.8, 4) is 5.75 Å². The van der Waals surface area contributed by atoms with Gasteiger partial charge in [-0.3, -0.25) is 4.79 Å². The van der Waals surface area contributed by atoms with Crippen LogP contribution in [-0.4, -0.2) is 46.9 Å². The monoisotopic (exact) mass is 548 g/mol. The van der Waals surface area contributed by atoms with E-state index in [1.165, 1.54) is 0 Å². The first-order valence-corrected chi connectivity index (χ1v) is 13.1. The van der Waals surface area contributed by atoms with E-state index in [4.69, 9.17) is 26.8 Å². The van der Waals surface area contributed by atoms with Crippen molar-refractivity contribution in [1.82, 2.24) is 4.90 Å². The van der Waals surface area contributed by atoms with Gasteiger partial charge in [-0.05, 0) is 56.2 Å². The maximum atomic E-state index is 13.7. The summed E-state index contributed by atoms with van der Waals surface area (Å²) in [6.07, 6.45) is -0.697. The highest BCUT2D eigenvalue weighted by atomic mass is 32.1. The lowest BCUT2D eigenvalue weighted by Crippen LogP contribution is -2.43. The van der Waals surface area contributed by atoms with Crippen LogP contribution in [0.1, 0.15) is 44.0 Å². The summed E-state index contributed by atoms with van der Waals surface area (Å²) in [5, 5.41) is 2.44. The lowest BCUT2D eigenvalue weighted by molar-refractivity contribution is -0.157. The van der Waals surface area contributed by atoms with Gasteiger partial charge in [-0.25, -0.2) is 14.5 Å². The summed E-state index contributed by atoms with van der Waals surface area (Å²) < 4.78 is 16.1. The van der Waals surface area contributed by atoms with Gasteiger partial charge in [0.15, 0.2) is 6.61 Å². The largest absolute Gasteiger partial charge is 0.482 e. The number of cyclic esters (lactones) is 1. The number of anilines is 1. The Hall–Kier alpha value is -3.98. The number of para-hydroxylation sites is 1. The Bertz CT molecular complexity index is 1280. The Balaban J connectivity index is 1.55. The van der Waals surface area contributed by atoms with Crippen molar-refractivity contribution < 1.29 is 28.6 Å². The number of nitrogens with one attached hydrogen (secondary N) is 1. The summed E-state index contributed by atoms with van der Waals surface area (Å²) in [5.74, 6) is -0.479. The molecule has 9 heteroatoms. The van der Waals surface area contributed by atoms with Crippen molar-refractivity contribution in [3.63, 3.8) is 0 Å². The fraction of sp³-hybridized carbons (Fsp3) is 0.300. The molecule has 1 aliphatic rings. The molecule has 3 aromatic rings. The Labute approximate surface area is 233 Å². The zero-order valence-corrected chi connectivity index (χ0v) is 23.0. The van der Waals surface area contributed by atoms with Crippen molar-refractivity contribution in [1.29, 1.82) is 0 Å². The topological polar surface area (TPSA) is 94.2 Å². The molecule has 0 aliphatic carbocycles. The van der Waals surface area contributed by atoms with Gasteiger partial charge < -0.3 is 19.5 Å². The zero-order valence-electron chi connectivity index (χ0n) is 22.1. The highest BCUT2D eigenvalue weighted by Crippen LogP contribution is 2.34. The fourth-order valence-corrected chi connectivity index (χ4v) is 4.58. The van der Waals surface area contributed by atoms with Crippen LogP contribution >= 0.6 is 12.6 Å². The van der Waals surface area contributed by atoms with Gasteiger partial charge in [0.05, 0.1) is 6.04 Å². The van der Waals surface area contributed by atoms with Gasteiger partial charge in [0, 0.05) is 5.69 Å². The maximum Gasteiger partial charge on any atom is 0.417 e. The summed E-state index contributed by atoms with van der Waals surface area (Å²) in [6, 6.07) is 24.6. The molecule has 1 heterocycles. The number of hydrogen-bond donors (Lipinski definition) is 2. The van der Waals surface area contributed by atoms with Crippen LogP contribution in [0.5, 0.6) is 5.75 Å². The van der Waals surface area contributed by atoms with Crippen LogP contribution in [0.2, 0.25) is 0 Å². The number of carbonyl (C=O) groups is 3. The predicted octanol–water partition coefficient (Wildman–Crippen LogP) is 5.58. The minimum absolute atomic E-state index is 0.0789. The third-order valence-corrected chi connectivity index (χ3v) is 6.49. The molecule has 4 rings (SSSR count). The van der Waals surface area contributed by atoms with Crippen molar-refractivity contribution in [2.24, 2.45) is 0 Å². The summed E-state index contributed by atoms with van der Waals surface area (Å²) in [4.78, 5) is 39.5. The van der Waals surface area contributed by atoms with Crippen LogP contribution in [0.15, 0.2) is 84.9 Å². The van der Waals surface area contributed by atoms with Gasteiger partial charge in [-0.1, -0.05) is 60.7 Å². The lowest BCUT2D eigenvalue weighted by Gasteiger charge is -2.29. The molecule has 8 nitrogen and oxygen atoms in total. The molecule has 2 amide bonds. The fourth-order valence-electron chi connectivity index (χ4n) is 4.21. The average Bonchev–Trinajstić information content (AvgIpc) is 3.31. The van der Waals surface area contributed by atoms with E-state index >= 15 is 0 Å². The SMILES string of the molecule is CC(C)(C)OC(=O)COc1ccc([C@H](Nc2ccccc2)[C@@H](S)C(=O)N2C(=O)OC[C@@H]2c2ccccc2)cc1. The normalized spacial score (nSPS) is 16.7. The number of nitrogens with zero attached hydrogens (tertiary/aromatic N) is 1. The Morgan fingerprint density at radius 2 is 1.62 bits per heavy atom. The third-order valence-electron chi connectivity index (χ3n) is 5.98. The number of rotatable bonds is 9. The molecule has 1 saturated heterocycles. The smallest absolute Gasteiger partial charge is 0.417 e. The first-order valence-electron chi connectivity index (χ1n) is 12.6. The van der Waals surface area contributed by atoms with E-state index in [0.29, 0.717) is 5.75 Å². The van der Waals surface area contributed by atoms with E-state index in [0.717, 1.165) is 21.7 Å². The van der Waals surface area contributed by atoms with Crippen LogP contribution in [0.4, 0.5) is 10.5 Å². The molecule has 1 fully saturated rings. The van der Waals surface area contributed by atoms with Crippen molar-refractivity contribution in [3.05, 3.63) is 96.1 Å². The second-order valence-electron chi connectivity index (χ2n) is 10.1. The number of hydrogen-bond acceptors (Lipinski definition) is 8.